The molecule has 3 aromatic heterocycles. The van der Waals surface area contributed by atoms with Crippen molar-refractivity contribution in [3.8, 4) is 0 Å². The molecule has 1 aliphatic rings. The van der Waals surface area contributed by atoms with Crippen molar-refractivity contribution >= 4 is 40.1 Å². The van der Waals surface area contributed by atoms with Crippen molar-refractivity contribution in [2.24, 2.45) is 5.92 Å². The molecule has 0 atom stereocenters. The Labute approximate surface area is 172 Å². The van der Waals surface area contributed by atoms with Gasteiger partial charge < -0.3 is 20.4 Å². The molecule has 0 unspecified atom stereocenters. The van der Waals surface area contributed by atoms with E-state index in [-0.39, 0.29) is 0 Å². The largest absolute Gasteiger partial charge is 0.417 e. The average molecular weight is 403 g/mol. The number of hydrogen-bond acceptors (Lipinski definition) is 8. The summed E-state index contributed by atoms with van der Waals surface area (Å²) in [4.78, 5) is 27.3. The Bertz CT molecular complexity index is 1240. The van der Waals surface area contributed by atoms with Gasteiger partial charge in [-0.15, -0.1) is 0 Å². The predicted molar refractivity (Wildman–Crippen MR) is 116 cm³/mol. The first-order valence-corrected chi connectivity index (χ1v) is 9.83. The number of aromatic amines is 1. The van der Waals surface area contributed by atoms with E-state index in [1.165, 1.54) is 12.8 Å². The monoisotopic (exact) mass is 403 g/mol. The minimum absolute atomic E-state index is 0.460. The molecule has 0 aliphatic heterocycles. The number of nitrogens with zero attached hydrogens (tertiary/aromatic N) is 3. The molecule has 1 aliphatic carbocycles. The Morgan fingerprint density at radius 3 is 2.77 bits per heavy atom. The van der Waals surface area contributed by atoms with Crippen molar-refractivity contribution < 1.29 is 4.42 Å². The zero-order valence-electron chi connectivity index (χ0n) is 16.4. The van der Waals surface area contributed by atoms with E-state index in [0.29, 0.717) is 22.9 Å². The van der Waals surface area contributed by atoms with Gasteiger partial charge in [0.25, 0.3) is 0 Å². The minimum Gasteiger partial charge on any atom is -0.408 e. The first-order chi connectivity index (χ1) is 14.6. The molecule has 0 bridgehead atoms. The van der Waals surface area contributed by atoms with E-state index in [2.05, 4.69) is 35.9 Å². The summed E-state index contributed by atoms with van der Waals surface area (Å²) in [6.07, 6.45) is 6.12. The quantitative estimate of drug-likeness (QED) is 0.366. The van der Waals surface area contributed by atoms with Crippen molar-refractivity contribution in [2.75, 3.05) is 22.5 Å². The third-order valence-electron chi connectivity index (χ3n) is 4.94. The maximum Gasteiger partial charge on any atom is 0.417 e. The number of hydrogen-bond donors (Lipinski definition) is 4. The van der Waals surface area contributed by atoms with E-state index in [0.717, 1.165) is 35.2 Å². The Hall–Kier alpha value is -3.88. The lowest BCUT2D eigenvalue weighted by Gasteiger charge is -2.11. The molecule has 3 heterocycles. The number of pyridine rings is 1. The first kappa shape index (κ1) is 18.2. The highest BCUT2D eigenvalue weighted by atomic mass is 16.4. The van der Waals surface area contributed by atoms with Gasteiger partial charge in [0.2, 0.25) is 5.95 Å². The fourth-order valence-electron chi connectivity index (χ4n) is 3.07. The maximum atomic E-state index is 11.3. The molecule has 4 aromatic rings. The fraction of sp³-hybridized carbons (Fsp3) is 0.238. The highest BCUT2D eigenvalue weighted by molar-refractivity contribution is 5.78. The van der Waals surface area contributed by atoms with E-state index in [4.69, 9.17) is 4.42 Å². The van der Waals surface area contributed by atoms with Crippen molar-refractivity contribution in [3.05, 3.63) is 58.8 Å². The van der Waals surface area contributed by atoms with Crippen molar-refractivity contribution in [1.29, 1.82) is 0 Å². The predicted octanol–water partition coefficient (Wildman–Crippen LogP) is 3.92. The Morgan fingerprint density at radius 1 is 1.10 bits per heavy atom. The number of anilines is 5. The molecule has 0 radical (unpaired) electrons. The van der Waals surface area contributed by atoms with E-state index in [1.54, 1.807) is 24.5 Å². The Balaban J connectivity index is 1.30. The Morgan fingerprint density at radius 2 is 1.97 bits per heavy atom. The molecule has 0 spiro atoms. The van der Waals surface area contributed by atoms with Crippen LogP contribution in [0.15, 0.2) is 51.9 Å². The van der Waals surface area contributed by atoms with Gasteiger partial charge in [0, 0.05) is 24.0 Å². The molecular weight excluding hydrogens is 382 g/mol. The van der Waals surface area contributed by atoms with Crippen LogP contribution in [0.2, 0.25) is 0 Å². The number of oxazole rings is 1. The molecule has 1 aromatic carbocycles. The lowest BCUT2D eigenvalue weighted by molar-refractivity contribution is 0.555. The van der Waals surface area contributed by atoms with Crippen LogP contribution in [0.25, 0.3) is 11.1 Å². The highest BCUT2D eigenvalue weighted by Crippen LogP contribution is 2.29. The van der Waals surface area contributed by atoms with Gasteiger partial charge >= 0.3 is 5.76 Å². The van der Waals surface area contributed by atoms with Gasteiger partial charge in [-0.1, -0.05) is 0 Å². The maximum absolute atomic E-state index is 11.3. The number of rotatable bonds is 7. The highest BCUT2D eigenvalue weighted by Gasteiger charge is 2.20. The van der Waals surface area contributed by atoms with Gasteiger partial charge in [0.1, 0.15) is 11.6 Å². The smallest absolute Gasteiger partial charge is 0.408 e. The molecule has 0 saturated heterocycles. The van der Waals surface area contributed by atoms with E-state index in [9.17, 15) is 4.79 Å². The average Bonchev–Trinajstić information content (AvgIpc) is 3.49. The van der Waals surface area contributed by atoms with Gasteiger partial charge in [0.05, 0.1) is 17.4 Å². The summed E-state index contributed by atoms with van der Waals surface area (Å²) in [5.74, 6) is 2.31. The van der Waals surface area contributed by atoms with Gasteiger partial charge in [-0.3, -0.25) is 4.98 Å². The second-order valence-corrected chi connectivity index (χ2v) is 7.46. The SMILES string of the molecule is Cc1cnc(Nc2ccc(NCC3CC3)nc2)nc1Nc1ccc2oc(=O)[nH]c2c1. The van der Waals surface area contributed by atoms with E-state index < -0.39 is 5.76 Å². The van der Waals surface area contributed by atoms with Crippen LogP contribution in [-0.2, 0) is 0 Å². The van der Waals surface area contributed by atoms with Gasteiger partial charge in [0.15, 0.2) is 5.58 Å². The number of aryl methyl sites for hydroxylation is 1. The first-order valence-electron chi connectivity index (χ1n) is 9.83. The van der Waals surface area contributed by atoms with Gasteiger partial charge in [-0.25, -0.2) is 14.8 Å². The second kappa shape index (κ2) is 7.51. The van der Waals surface area contributed by atoms with Crippen LogP contribution in [0.4, 0.5) is 29.0 Å². The number of nitrogens with one attached hydrogen (secondary N) is 4. The van der Waals surface area contributed by atoms with Crippen LogP contribution in [0.5, 0.6) is 0 Å². The molecule has 1 saturated carbocycles. The molecule has 4 N–H and O–H groups in total. The molecule has 9 heteroatoms. The molecule has 9 nitrogen and oxygen atoms in total. The number of benzene rings is 1. The Kier molecular flexibility index (Phi) is 4.55. The molecule has 30 heavy (non-hydrogen) atoms. The summed E-state index contributed by atoms with van der Waals surface area (Å²) in [6, 6.07) is 9.24. The molecule has 152 valence electrons. The number of H-pyrrole nitrogens is 1. The van der Waals surface area contributed by atoms with Crippen LogP contribution in [0.1, 0.15) is 18.4 Å². The zero-order valence-corrected chi connectivity index (χ0v) is 16.4. The van der Waals surface area contributed by atoms with Gasteiger partial charge in [-0.05, 0) is 56.0 Å². The van der Waals surface area contributed by atoms with Crippen LogP contribution >= 0.6 is 0 Å². The van der Waals surface area contributed by atoms with Crippen molar-refractivity contribution in [3.63, 3.8) is 0 Å². The van der Waals surface area contributed by atoms with E-state index in [1.807, 2.05) is 25.1 Å². The molecule has 1 fully saturated rings. The minimum atomic E-state index is -0.478. The van der Waals surface area contributed by atoms with Crippen LogP contribution in [0, 0.1) is 12.8 Å². The number of fused-ring (bicyclic) bond motifs is 1. The van der Waals surface area contributed by atoms with Crippen LogP contribution in [-0.4, -0.2) is 26.5 Å². The lowest BCUT2D eigenvalue weighted by atomic mass is 10.2. The second-order valence-electron chi connectivity index (χ2n) is 7.46. The summed E-state index contributed by atoms with van der Waals surface area (Å²) >= 11 is 0. The molecule has 5 rings (SSSR count). The summed E-state index contributed by atoms with van der Waals surface area (Å²) in [5.41, 5.74) is 3.60. The summed E-state index contributed by atoms with van der Waals surface area (Å²) in [5, 5.41) is 9.79. The van der Waals surface area contributed by atoms with Gasteiger partial charge in [-0.2, -0.15) is 4.98 Å². The summed E-state index contributed by atoms with van der Waals surface area (Å²) in [7, 11) is 0. The van der Waals surface area contributed by atoms with Crippen molar-refractivity contribution in [1.82, 2.24) is 19.9 Å². The topological polar surface area (TPSA) is 121 Å². The molecule has 0 amide bonds. The lowest BCUT2D eigenvalue weighted by Crippen LogP contribution is -2.05. The summed E-state index contributed by atoms with van der Waals surface area (Å²) in [6.45, 7) is 2.90. The van der Waals surface area contributed by atoms with E-state index >= 15 is 0 Å². The standard InChI is InChI=1S/C21H21N7O2/c1-12-9-24-20(26-15-5-7-18(23-11-15)22-10-13-2-3-13)28-19(12)25-14-4-6-17-16(8-14)27-21(29)30-17/h4-9,11,13H,2-3,10H2,1H3,(H,22,23)(H,27,29)(H2,24,25,26,28). The summed E-state index contributed by atoms with van der Waals surface area (Å²) < 4.78 is 5.04. The fourth-order valence-corrected chi connectivity index (χ4v) is 3.07. The third kappa shape index (κ3) is 4.09. The van der Waals surface area contributed by atoms with Crippen LogP contribution in [0.3, 0.4) is 0 Å². The van der Waals surface area contributed by atoms with Crippen LogP contribution < -0.4 is 21.7 Å². The zero-order chi connectivity index (χ0) is 20.5. The van der Waals surface area contributed by atoms with Crippen molar-refractivity contribution in [2.45, 2.75) is 19.8 Å². The normalized spacial score (nSPS) is 13.4. The number of aromatic nitrogens is 4. The third-order valence-corrected chi connectivity index (χ3v) is 4.94. The molecular formula is C21H21N7O2.